The highest BCUT2D eigenvalue weighted by molar-refractivity contribution is 5.75. The van der Waals surface area contributed by atoms with Gasteiger partial charge in [0.2, 0.25) is 0 Å². The van der Waals surface area contributed by atoms with Gasteiger partial charge in [0.1, 0.15) is 0 Å². The van der Waals surface area contributed by atoms with Gasteiger partial charge in [-0.1, -0.05) is 18.2 Å². The van der Waals surface area contributed by atoms with Gasteiger partial charge in [0.05, 0.1) is 6.20 Å². The van der Waals surface area contributed by atoms with Gasteiger partial charge in [-0.15, -0.1) is 0 Å². The van der Waals surface area contributed by atoms with Gasteiger partial charge in [0.15, 0.2) is 0 Å². The zero-order valence-corrected chi connectivity index (χ0v) is 15.2. The lowest BCUT2D eigenvalue weighted by Crippen LogP contribution is -2.47. The van der Waals surface area contributed by atoms with Crippen molar-refractivity contribution in [3.63, 3.8) is 0 Å². The highest BCUT2D eigenvalue weighted by atomic mass is 16.2. The molecular formula is C19H27N5O. The van der Waals surface area contributed by atoms with Crippen LogP contribution in [0, 0.1) is 6.92 Å². The normalized spacial score (nSPS) is 17.2. The number of para-hydroxylation sites is 1. The maximum absolute atomic E-state index is 12.7. The number of aryl methyl sites for hydroxylation is 2. The van der Waals surface area contributed by atoms with Crippen LogP contribution in [0.2, 0.25) is 0 Å². The molecule has 0 saturated carbocycles. The highest BCUT2D eigenvalue weighted by Crippen LogP contribution is 2.25. The number of hydrogen-bond acceptors (Lipinski definition) is 3. The van der Waals surface area contributed by atoms with Gasteiger partial charge in [-0.25, -0.2) is 4.79 Å². The molecule has 0 saturated heterocycles. The van der Waals surface area contributed by atoms with E-state index in [1.807, 2.05) is 30.2 Å². The van der Waals surface area contributed by atoms with Crippen LogP contribution in [0.3, 0.4) is 0 Å². The van der Waals surface area contributed by atoms with Crippen LogP contribution >= 0.6 is 0 Å². The zero-order chi connectivity index (χ0) is 17.8. The number of anilines is 1. The van der Waals surface area contributed by atoms with E-state index in [4.69, 9.17) is 0 Å². The Labute approximate surface area is 149 Å². The summed E-state index contributed by atoms with van der Waals surface area (Å²) in [5, 5.41) is 10.1. The smallest absolute Gasteiger partial charge is 0.318 e. The molecule has 2 N–H and O–H groups in total. The summed E-state index contributed by atoms with van der Waals surface area (Å²) in [4.78, 5) is 16.9. The maximum Gasteiger partial charge on any atom is 0.318 e. The number of carbonyl (C=O) groups excluding carboxylic acids is 1. The van der Waals surface area contributed by atoms with E-state index >= 15 is 0 Å². The molecule has 0 aliphatic carbocycles. The molecule has 0 fully saturated rings. The van der Waals surface area contributed by atoms with Crippen LogP contribution in [-0.4, -0.2) is 47.3 Å². The Morgan fingerprint density at radius 1 is 1.40 bits per heavy atom. The standard InChI is InChI=1S/C19H27N5O/c1-14-12-23(3)18-9-5-4-7-17(18)13-24(14)19(25)20-10-6-8-16-11-21-22-15(16)2/h4-5,7,9,11,14H,6,8,10,12-13H2,1-3H3,(H,20,25)(H,21,22). The number of H-pyrrole nitrogens is 1. The molecular weight excluding hydrogens is 314 g/mol. The first-order valence-corrected chi connectivity index (χ1v) is 8.88. The zero-order valence-electron chi connectivity index (χ0n) is 15.2. The van der Waals surface area contributed by atoms with Gasteiger partial charge in [-0.2, -0.15) is 5.10 Å². The lowest BCUT2D eigenvalue weighted by atomic mass is 10.1. The topological polar surface area (TPSA) is 64.3 Å². The molecule has 6 heteroatoms. The monoisotopic (exact) mass is 341 g/mol. The lowest BCUT2D eigenvalue weighted by molar-refractivity contribution is 0.178. The average molecular weight is 341 g/mol. The Morgan fingerprint density at radius 3 is 2.96 bits per heavy atom. The Balaban J connectivity index is 1.57. The molecule has 0 bridgehead atoms. The van der Waals surface area contributed by atoms with Crippen molar-refractivity contribution in [2.45, 2.75) is 39.3 Å². The number of urea groups is 1. The summed E-state index contributed by atoms with van der Waals surface area (Å²) in [6, 6.07) is 8.48. The van der Waals surface area contributed by atoms with Crippen molar-refractivity contribution in [3.05, 3.63) is 47.3 Å². The predicted octanol–water partition coefficient (Wildman–Crippen LogP) is 2.70. The van der Waals surface area contributed by atoms with Crippen molar-refractivity contribution < 1.29 is 4.79 Å². The van der Waals surface area contributed by atoms with Crippen molar-refractivity contribution in [2.24, 2.45) is 0 Å². The largest absolute Gasteiger partial charge is 0.372 e. The Morgan fingerprint density at radius 2 is 2.20 bits per heavy atom. The summed E-state index contributed by atoms with van der Waals surface area (Å²) < 4.78 is 0. The molecule has 0 radical (unpaired) electrons. The second kappa shape index (κ2) is 7.59. The first-order chi connectivity index (χ1) is 12.1. The van der Waals surface area contributed by atoms with Crippen LogP contribution in [0.1, 0.15) is 30.2 Å². The minimum absolute atomic E-state index is 0.0153. The molecule has 1 aliphatic heterocycles. The van der Waals surface area contributed by atoms with E-state index in [1.165, 1.54) is 16.8 Å². The summed E-state index contributed by atoms with van der Waals surface area (Å²) in [5.41, 5.74) is 4.72. The summed E-state index contributed by atoms with van der Waals surface area (Å²) >= 11 is 0. The quantitative estimate of drug-likeness (QED) is 0.841. The van der Waals surface area contributed by atoms with E-state index in [0.717, 1.165) is 25.1 Å². The van der Waals surface area contributed by atoms with Crippen LogP contribution < -0.4 is 10.2 Å². The van der Waals surface area contributed by atoms with E-state index in [1.54, 1.807) is 0 Å². The third-order valence-electron chi connectivity index (χ3n) is 4.91. The first kappa shape index (κ1) is 17.3. The minimum atomic E-state index is 0.0153. The van der Waals surface area contributed by atoms with Crippen molar-refractivity contribution in [3.8, 4) is 0 Å². The van der Waals surface area contributed by atoms with E-state index in [-0.39, 0.29) is 12.1 Å². The van der Waals surface area contributed by atoms with Gasteiger partial charge in [0.25, 0.3) is 0 Å². The first-order valence-electron chi connectivity index (χ1n) is 8.88. The molecule has 3 rings (SSSR count). The van der Waals surface area contributed by atoms with Crippen LogP contribution in [0.5, 0.6) is 0 Å². The molecule has 1 aromatic heterocycles. The summed E-state index contributed by atoms with van der Waals surface area (Å²) in [6.45, 7) is 6.28. The summed E-state index contributed by atoms with van der Waals surface area (Å²) in [7, 11) is 2.09. The molecule has 0 spiro atoms. The second-order valence-corrected chi connectivity index (χ2v) is 6.84. The van der Waals surface area contributed by atoms with Gasteiger partial charge in [-0.3, -0.25) is 5.10 Å². The number of nitrogens with zero attached hydrogens (tertiary/aromatic N) is 3. The summed E-state index contributed by atoms with van der Waals surface area (Å²) in [6.07, 6.45) is 3.69. The van der Waals surface area contributed by atoms with E-state index in [9.17, 15) is 4.79 Å². The molecule has 1 aliphatic rings. The fraction of sp³-hybridized carbons (Fsp3) is 0.474. The Bertz CT molecular complexity index is 726. The van der Waals surface area contributed by atoms with Gasteiger partial charge in [0, 0.05) is 44.1 Å². The Hall–Kier alpha value is -2.50. The van der Waals surface area contributed by atoms with Crippen LogP contribution in [-0.2, 0) is 13.0 Å². The molecule has 134 valence electrons. The summed E-state index contributed by atoms with van der Waals surface area (Å²) in [5.74, 6) is 0. The van der Waals surface area contributed by atoms with E-state index < -0.39 is 0 Å². The molecule has 2 amide bonds. The number of rotatable bonds is 4. The number of nitrogens with one attached hydrogen (secondary N) is 2. The molecule has 2 heterocycles. The number of amides is 2. The highest BCUT2D eigenvalue weighted by Gasteiger charge is 2.26. The van der Waals surface area contributed by atoms with Crippen molar-refractivity contribution >= 4 is 11.7 Å². The molecule has 1 unspecified atom stereocenters. The minimum Gasteiger partial charge on any atom is -0.372 e. The fourth-order valence-corrected chi connectivity index (χ4v) is 3.42. The van der Waals surface area contributed by atoms with E-state index in [2.05, 4.69) is 46.5 Å². The second-order valence-electron chi connectivity index (χ2n) is 6.84. The number of hydrogen-bond donors (Lipinski definition) is 2. The van der Waals surface area contributed by atoms with Crippen molar-refractivity contribution in [2.75, 3.05) is 25.0 Å². The number of aromatic amines is 1. The third kappa shape index (κ3) is 3.95. The van der Waals surface area contributed by atoms with Crippen LogP contribution in [0.15, 0.2) is 30.5 Å². The Kier molecular flexibility index (Phi) is 5.26. The molecule has 6 nitrogen and oxygen atoms in total. The van der Waals surface area contributed by atoms with Gasteiger partial charge >= 0.3 is 6.03 Å². The van der Waals surface area contributed by atoms with Crippen molar-refractivity contribution in [1.29, 1.82) is 0 Å². The SMILES string of the molecule is Cc1[nH]ncc1CCCNC(=O)N1Cc2ccccc2N(C)CC1C. The molecule has 1 aromatic carbocycles. The van der Waals surface area contributed by atoms with E-state index in [0.29, 0.717) is 13.1 Å². The van der Waals surface area contributed by atoms with Crippen molar-refractivity contribution in [1.82, 2.24) is 20.4 Å². The number of fused-ring (bicyclic) bond motifs is 1. The van der Waals surface area contributed by atoms with Crippen LogP contribution in [0.4, 0.5) is 10.5 Å². The van der Waals surface area contributed by atoms with Gasteiger partial charge in [-0.05, 0) is 43.9 Å². The van der Waals surface area contributed by atoms with Gasteiger partial charge < -0.3 is 15.1 Å². The number of likely N-dealkylation sites (N-methyl/N-ethyl adjacent to an activating group) is 1. The number of aromatic nitrogens is 2. The average Bonchev–Trinajstić information content (AvgIpc) is 2.95. The van der Waals surface area contributed by atoms with Crippen LogP contribution in [0.25, 0.3) is 0 Å². The molecule has 1 atom stereocenters. The third-order valence-corrected chi connectivity index (χ3v) is 4.91. The fourth-order valence-electron chi connectivity index (χ4n) is 3.42. The maximum atomic E-state index is 12.7. The number of carbonyl (C=O) groups is 1. The predicted molar refractivity (Wildman–Crippen MR) is 99.8 cm³/mol. The molecule has 2 aromatic rings. The number of benzene rings is 1. The lowest BCUT2D eigenvalue weighted by Gasteiger charge is -2.28. The molecule has 25 heavy (non-hydrogen) atoms.